The van der Waals surface area contributed by atoms with Crippen LogP contribution in [0.25, 0.3) is 0 Å². The number of nitrogens with one attached hydrogen (secondary N) is 2. The predicted molar refractivity (Wildman–Crippen MR) is 71.9 cm³/mol. The Morgan fingerprint density at radius 2 is 2.22 bits per heavy atom. The van der Waals surface area contributed by atoms with Crippen LogP contribution in [0, 0.1) is 0 Å². The van der Waals surface area contributed by atoms with Gasteiger partial charge in [-0.25, -0.2) is 0 Å². The fourth-order valence-electron chi connectivity index (χ4n) is 1.89. The molecule has 2 rings (SSSR count). The zero-order chi connectivity index (χ0) is 13.1. The molecule has 1 heterocycles. The van der Waals surface area contributed by atoms with E-state index in [0.717, 1.165) is 15.7 Å². The maximum absolute atomic E-state index is 11.7. The van der Waals surface area contributed by atoms with Gasteiger partial charge >= 0.3 is 0 Å². The highest BCUT2D eigenvalue weighted by Crippen LogP contribution is 2.38. The molecule has 0 bridgehead atoms. The van der Waals surface area contributed by atoms with E-state index in [4.69, 9.17) is 9.47 Å². The topological polar surface area (TPSA) is 59.6 Å². The van der Waals surface area contributed by atoms with E-state index < -0.39 is 0 Å². The van der Waals surface area contributed by atoms with Crippen molar-refractivity contribution in [3.63, 3.8) is 0 Å². The third-order valence-electron chi connectivity index (χ3n) is 2.77. The summed E-state index contributed by atoms with van der Waals surface area (Å²) in [7, 11) is 3.38. The molecule has 1 aliphatic heterocycles. The number of hydrogen-bond donors (Lipinski definition) is 2. The monoisotopic (exact) mass is 314 g/mol. The first-order chi connectivity index (χ1) is 8.67. The van der Waals surface area contributed by atoms with Crippen LogP contribution in [-0.4, -0.2) is 33.3 Å². The SMILES string of the molecule is CNC1C(=O)Nc2cc(OCCOC)c(Br)cc21. The molecule has 1 amide bonds. The van der Waals surface area contributed by atoms with Gasteiger partial charge in [-0.15, -0.1) is 0 Å². The third kappa shape index (κ3) is 2.50. The van der Waals surface area contributed by atoms with Gasteiger partial charge in [0.1, 0.15) is 18.4 Å². The van der Waals surface area contributed by atoms with Crippen molar-refractivity contribution < 1.29 is 14.3 Å². The smallest absolute Gasteiger partial charge is 0.246 e. The predicted octanol–water partition coefficient (Wildman–Crippen LogP) is 1.69. The summed E-state index contributed by atoms with van der Waals surface area (Å²) in [4.78, 5) is 11.7. The Bertz CT molecular complexity index is 465. The van der Waals surface area contributed by atoms with E-state index in [2.05, 4.69) is 26.6 Å². The first-order valence-electron chi connectivity index (χ1n) is 5.60. The number of carbonyl (C=O) groups is 1. The van der Waals surface area contributed by atoms with Gasteiger partial charge in [0.05, 0.1) is 11.1 Å². The van der Waals surface area contributed by atoms with E-state index in [1.165, 1.54) is 0 Å². The second-order valence-electron chi connectivity index (χ2n) is 3.92. The Morgan fingerprint density at radius 1 is 1.44 bits per heavy atom. The highest BCUT2D eigenvalue weighted by Gasteiger charge is 2.30. The minimum atomic E-state index is -0.302. The van der Waals surface area contributed by atoms with Crippen LogP contribution in [-0.2, 0) is 9.53 Å². The van der Waals surface area contributed by atoms with E-state index in [-0.39, 0.29) is 11.9 Å². The Labute approximate surface area is 114 Å². The number of halogens is 1. The normalized spacial score (nSPS) is 17.5. The third-order valence-corrected chi connectivity index (χ3v) is 3.39. The fraction of sp³-hybridized carbons (Fsp3) is 0.417. The van der Waals surface area contributed by atoms with Crippen molar-refractivity contribution in [3.05, 3.63) is 22.2 Å². The average molecular weight is 315 g/mol. The molecule has 1 aromatic rings. The number of likely N-dealkylation sites (N-methyl/N-ethyl adjacent to an activating group) is 1. The summed E-state index contributed by atoms with van der Waals surface area (Å²) in [5, 5.41) is 5.80. The molecular weight excluding hydrogens is 300 g/mol. The Balaban J connectivity index is 2.22. The molecule has 1 aromatic carbocycles. The summed E-state index contributed by atoms with van der Waals surface area (Å²) < 4.78 is 11.3. The lowest BCUT2D eigenvalue weighted by atomic mass is 10.1. The second-order valence-corrected chi connectivity index (χ2v) is 4.78. The molecule has 5 nitrogen and oxygen atoms in total. The summed E-state index contributed by atoms with van der Waals surface area (Å²) in [6.45, 7) is 0.992. The minimum Gasteiger partial charge on any atom is -0.490 e. The van der Waals surface area contributed by atoms with E-state index in [1.54, 1.807) is 14.2 Å². The summed E-state index contributed by atoms with van der Waals surface area (Å²) in [6, 6.07) is 3.42. The molecule has 0 saturated heterocycles. The van der Waals surface area contributed by atoms with Crippen molar-refractivity contribution in [2.45, 2.75) is 6.04 Å². The van der Waals surface area contributed by atoms with Gasteiger partial charge in [-0.3, -0.25) is 4.79 Å². The van der Waals surface area contributed by atoms with Gasteiger partial charge in [0.25, 0.3) is 0 Å². The number of amides is 1. The summed E-state index contributed by atoms with van der Waals surface area (Å²) in [6.07, 6.45) is 0. The average Bonchev–Trinajstić information content (AvgIpc) is 2.64. The van der Waals surface area contributed by atoms with Crippen LogP contribution in [0.5, 0.6) is 5.75 Å². The molecule has 0 radical (unpaired) electrons. The number of rotatable bonds is 5. The van der Waals surface area contributed by atoms with Crippen LogP contribution in [0.4, 0.5) is 5.69 Å². The van der Waals surface area contributed by atoms with Gasteiger partial charge in [-0.05, 0) is 29.0 Å². The van der Waals surface area contributed by atoms with E-state index in [0.29, 0.717) is 19.0 Å². The zero-order valence-electron chi connectivity index (χ0n) is 10.2. The number of anilines is 1. The largest absolute Gasteiger partial charge is 0.490 e. The van der Waals surface area contributed by atoms with Gasteiger partial charge < -0.3 is 20.1 Å². The minimum absolute atomic E-state index is 0.0477. The van der Waals surface area contributed by atoms with Crippen molar-refractivity contribution in [2.75, 3.05) is 32.7 Å². The molecule has 1 aliphatic rings. The molecular formula is C12H15BrN2O3. The second kappa shape index (κ2) is 5.69. The van der Waals surface area contributed by atoms with Crippen LogP contribution >= 0.6 is 15.9 Å². The lowest BCUT2D eigenvalue weighted by molar-refractivity contribution is -0.117. The lowest BCUT2D eigenvalue weighted by Gasteiger charge is -2.11. The quantitative estimate of drug-likeness (QED) is 0.812. The number of carbonyl (C=O) groups excluding carboxylic acids is 1. The van der Waals surface area contributed by atoms with Crippen LogP contribution in [0.1, 0.15) is 11.6 Å². The van der Waals surface area contributed by atoms with Crippen LogP contribution in [0.15, 0.2) is 16.6 Å². The Morgan fingerprint density at radius 3 is 2.89 bits per heavy atom. The van der Waals surface area contributed by atoms with Gasteiger partial charge in [-0.2, -0.15) is 0 Å². The molecule has 0 aromatic heterocycles. The van der Waals surface area contributed by atoms with Crippen molar-refractivity contribution in [1.82, 2.24) is 5.32 Å². The highest BCUT2D eigenvalue weighted by molar-refractivity contribution is 9.10. The maximum Gasteiger partial charge on any atom is 0.246 e. The number of ether oxygens (including phenoxy) is 2. The fourth-order valence-corrected chi connectivity index (χ4v) is 2.37. The van der Waals surface area contributed by atoms with Crippen molar-refractivity contribution >= 4 is 27.5 Å². The van der Waals surface area contributed by atoms with Crippen molar-refractivity contribution in [1.29, 1.82) is 0 Å². The highest BCUT2D eigenvalue weighted by atomic mass is 79.9. The van der Waals surface area contributed by atoms with Crippen molar-refractivity contribution in [3.8, 4) is 5.75 Å². The molecule has 1 atom stereocenters. The molecule has 1 unspecified atom stereocenters. The molecule has 0 saturated carbocycles. The number of hydrogen-bond acceptors (Lipinski definition) is 4. The number of methoxy groups -OCH3 is 1. The summed E-state index contributed by atoms with van der Waals surface area (Å²) >= 11 is 3.45. The van der Waals surface area contributed by atoms with Gasteiger partial charge in [0.2, 0.25) is 5.91 Å². The molecule has 0 spiro atoms. The van der Waals surface area contributed by atoms with Gasteiger partial charge in [-0.1, -0.05) is 0 Å². The zero-order valence-corrected chi connectivity index (χ0v) is 11.8. The standard InChI is InChI=1S/C12H15BrN2O3/c1-14-11-7-5-8(13)10(18-4-3-17-2)6-9(7)15-12(11)16/h5-6,11,14H,3-4H2,1-2H3,(H,15,16). The Kier molecular flexibility index (Phi) is 4.21. The summed E-state index contributed by atoms with van der Waals surface area (Å²) in [5.41, 5.74) is 1.71. The number of benzene rings is 1. The first-order valence-corrected chi connectivity index (χ1v) is 6.40. The van der Waals surface area contributed by atoms with Crippen LogP contribution in [0.2, 0.25) is 0 Å². The molecule has 2 N–H and O–H groups in total. The lowest BCUT2D eigenvalue weighted by Crippen LogP contribution is -2.23. The number of fused-ring (bicyclic) bond motifs is 1. The van der Waals surface area contributed by atoms with E-state index in [9.17, 15) is 4.79 Å². The molecule has 98 valence electrons. The van der Waals surface area contributed by atoms with E-state index in [1.807, 2.05) is 12.1 Å². The first kappa shape index (κ1) is 13.3. The molecule has 6 heteroatoms. The maximum atomic E-state index is 11.7. The molecule has 18 heavy (non-hydrogen) atoms. The Hall–Kier alpha value is -1.11. The van der Waals surface area contributed by atoms with Crippen LogP contribution in [0.3, 0.4) is 0 Å². The van der Waals surface area contributed by atoms with Crippen molar-refractivity contribution in [2.24, 2.45) is 0 Å². The molecule has 0 aliphatic carbocycles. The van der Waals surface area contributed by atoms with Crippen LogP contribution < -0.4 is 15.4 Å². The van der Waals surface area contributed by atoms with E-state index >= 15 is 0 Å². The van der Waals surface area contributed by atoms with Gasteiger partial charge in [0, 0.05) is 24.4 Å². The van der Waals surface area contributed by atoms with Gasteiger partial charge in [0.15, 0.2) is 0 Å². The molecule has 0 fully saturated rings. The summed E-state index contributed by atoms with van der Waals surface area (Å²) in [5.74, 6) is 0.649.